The van der Waals surface area contributed by atoms with E-state index in [1.807, 2.05) is 30.3 Å². The molecule has 0 saturated carbocycles. The van der Waals surface area contributed by atoms with Crippen LogP contribution in [0, 0.1) is 0 Å². The first-order chi connectivity index (χ1) is 16.0. The average molecular weight is 449 g/mol. The molecule has 1 amide bonds. The molecule has 2 aromatic rings. The molecule has 0 aromatic heterocycles. The zero-order chi connectivity index (χ0) is 23.2. The summed E-state index contributed by atoms with van der Waals surface area (Å²) in [6, 6.07) is 15.1. The first-order valence-corrected chi connectivity index (χ1v) is 11.1. The first kappa shape index (κ1) is 22.8. The summed E-state index contributed by atoms with van der Waals surface area (Å²) in [6.07, 6.45) is 3.73. The minimum atomic E-state index is -0.762. The van der Waals surface area contributed by atoms with Gasteiger partial charge in [-0.25, -0.2) is 0 Å². The molecule has 0 bridgehead atoms. The Labute approximate surface area is 193 Å². The zero-order valence-corrected chi connectivity index (χ0v) is 18.4. The number of aliphatic hydroxyl groups excluding tert-OH is 1. The van der Waals surface area contributed by atoms with Gasteiger partial charge < -0.3 is 19.8 Å². The summed E-state index contributed by atoms with van der Waals surface area (Å²) in [5.41, 5.74) is 1.45. The van der Waals surface area contributed by atoms with E-state index in [0.29, 0.717) is 31.7 Å². The van der Waals surface area contributed by atoms with E-state index in [0.717, 1.165) is 25.2 Å². The van der Waals surface area contributed by atoms with Crippen molar-refractivity contribution in [2.75, 3.05) is 39.4 Å². The van der Waals surface area contributed by atoms with E-state index in [-0.39, 0.29) is 11.3 Å². The number of aromatic hydroxyl groups is 1. The molecule has 2 aliphatic heterocycles. The molecule has 1 fully saturated rings. The van der Waals surface area contributed by atoms with Crippen LogP contribution < -0.4 is 0 Å². The third-order valence-electron chi connectivity index (χ3n) is 5.96. The average Bonchev–Trinajstić information content (AvgIpc) is 3.09. The van der Waals surface area contributed by atoms with Gasteiger partial charge in [-0.15, -0.1) is 0 Å². The van der Waals surface area contributed by atoms with Crippen molar-refractivity contribution in [2.24, 2.45) is 0 Å². The summed E-state index contributed by atoms with van der Waals surface area (Å²) >= 11 is 0. The van der Waals surface area contributed by atoms with E-state index < -0.39 is 23.5 Å². The monoisotopic (exact) mass is 448 g/mol. The van der Waals surface area contributed by atoms with Gasteiger partial charge in [-0.1, -0.05) is 48.5 Å². The fraction of sp³-hybridized carbons (Fsp3) is 0.308. The second-order valence-electron chi connectivity index (χ2n) is 8.17. The molecule has 0 radical (unpaired) electrons. The summed E-state index contributed by atoms with van der Waals surface area (Å²) in [5.74, 6) is -1.50. The van der Waals surface area contributed by atoms with E-state index in [1.54, 1.807) is 18.2 Å². The fourth-order valence-electron chi connectivity index (χ4n) is 4.29. The summed E-state index contributed by atoms with van der Waals surface area (Å²) in [5, 5.41) is 20.7. The van der Waals surface area contributed by atoms with Gasteiger partial charge in [0.1, 0.15) is 5.75 Å². The number of hydrogen-bond acceptors (Lipinski definition) is 6. The third kappa shape index (κ3) is 5.32. The van der Waals surface area contributed by atoms with Crippen molar-refractivity contribution in [1.82, 2.24) is 9.80 Å². The quantitative estimate of drug-likeness (QED) is 0.603. The minimum absolute atomic E-state index is 0.0316. The summed E-state index contributed by atoms with van der Waals surface area (Å²) < 4.78 is 5.38. The molecule has 0 spiro atoms. The number of nitrogens with zero attached hydrogens (tertiary/aromatic N) is 2. The zero-order valence-electron chi connectivity index (χ0n) is 18.4. The Bertz CT molecular complexity index is 1060. The molecular weight excluding hydrogens is 420 g/mol. The fourth-order valence-corrected chi connectivity index (χ4v) is 4.29. The second kappa shape index (κ2) is 10.5. The molecule has 4 rings (SSSR count). The summed E-state index contributed by atoms with van der Waals surface area (Å²) in [6.45, 7) is 4.26. The van der Waals surface area contributed by atoms with Gasteiger partial charge in [0.15, 0.2) is 11.5 Å². The smallest absolute Gasteiger partial charge is 0.290 e. The Kier molecular flexibility index (Phi) is 7.22. The highest BCUT2D eigenvalue weighted by Gasteiger charge is 2.42. The van der Waals surface area contributed by atoms with Crippen LogP contribution in [-0.4, -0.2) is 71.1 Å². The highest BCUT2D eigenvalue weighted by molar-refractivity contribution is 6.14. The number of aliphatic hydroxyl groups is 1. The molecule has 2 aromatic carbocycles. The largest absolute Gasteiger partial charge is 0.508 e. The van der Waals surface area contributed by atoms with Crippen molar-refractivity contribution in [2.45, 2.75) is 12.5 Å². The van der Waals surface area contributed by atoms with Gasteiger partial charge in [0.05, 0.1) is 24.8 Å². The minimum Gasteiger partial charge on any atom is -0.508 e. The topological polar surface area (TPSA) is 90.3 Å². The molecule has 7 heteroatoms. The Morgan fingerprint density at radius 3 is 2.52 bits per heavy atom. The van der Waals surface area contributed by atoms with Gasteiger partial charge in [-0.3, -0.25) is 14.5 Å². The lowest BCUT2D eigenvalue weighted by atomic mass is 9.95. The molecule has 0 aliphatic carbocycles. The number of phenols is 1. The number of hydrogen-bond donors (Lipinski definition) is 2. The van der Waals surface area contributed by atoms with Crippen LogP contribution in [0.3, 0.4) is 0 Å². The number of rotatable bonds is 8. The number of carbonyl (C=O) groups is 2. The molecular formula is C26H28N2O5. The Balaban J connectivity index is 1.57. The maximum Gasteiger partial charge on any atom is 0.290 e. The van der Waals surface area contributed by atoms with E-state index in [4.69, 9.17) is 4.74 Å². The van der Waals surface area contributed by atoms with Gasteiger partial charge in [0.25, 0.3) is 5.91 Å². The first-order valence-electron chi connectivity index (χ1n) is 11.1. The molecule has 7 nitrogen and oxygen atoms in total. The van der Waals surface area contributed by atoms with E-state index >= 15 is 0 Å². The third-order valence-corrected chi connectivity index (χ3v) is 5.96. The number of morpholine rings is 1. The van der Waals surface area contributed by atoms with Crippen molar-refractivity contribution in [3.63, 3.8) is 0 Å². The van der Waals surface area contributed by atoms with Crippen LogP contribution in [0.25, 0.3) is 6.08 Å². The SMILES string of the molecule is O=C(/C=C/c1ccccc1)C1=C(O)C(=O)N(CCCN2CCOCC2)[C@H]1c1cccc(O)c1. The standard InChI is InChI=1S/C26H28N2O5/c29-21-9-4-8-20(18-21)24-23(22(30)11-10-19-6-2-1-3-7-19)25(31)26(32)28(24)13-5-12-27-14-16-33-17-15-27/h1-4,6-11,18,24,29,31H,5,12-17H2/b11-10+/t24-/m0/s1. The van der Waals surface area contributed by atoms with Crippen molar-refractivity contribution < 1.29 is 24.5 Å². The van der Waals surface area contributed by atoms with Gasteiger partial charge >= 0.3 is 0 Å². The van der Waals surface area contributed by atoms with E-state index in [9.17, 15) is 19.8 Å². The van der Waals surface area contributed by atoms with Crippen LogP contribution in [0.5, 0.6) is 5.75 Å². The van der Waals surface area contributed by atoms with Gasteiger partial charge in [-0.2, -0.15) is 0 Å². The van der Waals surface area contributed by atoms with Crippen LogP contribution >= 0.6 is 0 Å². The maximum atomic E-state index is 13.1. The second-order valence-corrected chi connectivity index (χ2v) is 8.17. The van der Waals surface area contributed by atoms with Crippen molar-refractivity contribution >= 4 is 17.8 Å². The Hall–Kier alpha value is -3.42. The van der Waals surface area contributed by atoms with Crippen LogP contribution in [0.15, 0.2) is 72.0 Å². The lowest BCUT2D eigenvalue weighted by molar-refractivity contribution is -0.129. The summed E-state index contributed by atoms with van der Waals surface area (Å²) in [7, 11) is 0. The van der Waals surface area contributed by atoms with Gasteiger partial charge in [-0.05, 0) is 35.8 Å². The lowest BCUT2D eigenvalue weighted by Gasteiger charge is -2.30. The van der Waals surface area contributed by atoms with Crippen LogP contribution in [0.2, 0.25) is 0 Å². The van der Waals surface area contributed by atoms with E-state index in [1.165, 1.54) is 23.1 Å². The number of ketones is 1. The van der Waals surface area contributed by atoms with Gasteiger partial charge in [0, 0.05) is 26.2 Å². The number of carbonyl (C=O) groups excluding carboxylic acids is 2. The van der Waals surface area contributed by atoms with E-state index in [2.05, 4.69) is 4.90 Å². The molecule has 172 valence electrons. The van der Waals surface area contributed by atoms with Gasteiger partial charge in [0.2, 0.25) is 0 Å². The number of benzene rings is 2. The molecule has 1 saturated heterocycles. The van der Waals surface area contributed by atoms with Crippen molar-refractivity contribution in [1.29, 1.82) is 0 Å². The predicted octanol–water partition coefficient (Wildman–Crippen LogP) is 3.09. The Morgan fingerprint density at radius 1 is 1.03 bits per heavy atom. The predicted molar refractivity (Wildman–Crippen MR) is 125 cm³/mol. The molecule has 2 N–H and O–H groups in total. The van der Waals surface area contributed by atoms with Crippen LogP contribution in [-0.2, 0) is 14.3 Å². The molecule has 0 unspecified atom stereocenters. The number of amides is 1. The number of allylic oxidation sites excluding steroid dienone is 1. The van der Waals surface area contributed by atoms with Crippen LogP contribution in [0.1, 0.15) is 23.6 Å². The molecule has 1 atom stereocenters. The highest BCUT2D eigenvalue weighted by Crippen LogP contribution is 2.39. The van der Waals surface area contributed by atoms with Crippen molar-refractivity contribution in [3.8, 4) is 5.75 Å². The highest BCUT2D eigenvalue weighted by atomic mass is 16.5. The van der Waals surface area contributed by atoms with Crippen molar-refractivity contribution in [3.05, 3.63) is 83.1 Å². The molecule has 33 heavy (non-hydrogen) atoms. The summed E-state index contributed by atoms with van der Waals surface area (Å²) in [4.78, 5) is 29.9. The lowest BCUT2D eigenvalue weighted by Crippen LogP contribution is -2.39. The maximum absolute atomic E-state index is 13.1. The Morgan fingerprint density at radius 2 is 1.79 bits per heavy atom. The molecule has 2 heterocycles. The number of phenolic OH excluding ortho intramolecular Hbond substituents is 1. The normalized spacial score (nSPS) is 19.6. The molecule has 2 aliphatic rings. The van der Waals surface area contributed by atoms with Crippen LogP contribution in [0.4, 0.5) is 0 Å². The number of ether oxygens (including phenoxy) is 1.